The smallest absolute Gasteiger partial charge is 0.254 e. The maximum Gasteiger partial charge on any atom is 0.254 e. The molecule has 1 aliphatic rings. The average molecular weight is 429 g/mol. The zero-order valence-electron chi connectivity index (χ0n) is 19.1. The molecule has 0 N–H and O–H groups in total. The first-order valence-electron chi connectivity index (χ1n) is 10.8. The topological polar surface area (TPSA) is 88.8 Å². The number of nitrogens with zero attached hydrogens (tertiary/aromatic N) is 4. The third kappa shape index (κ3) is 5.42. The molecule has 1 fully saturated rings. The lowest BCUT2D eigenvalue weighted by Gasteiger charge is -2.28. The van der Waals surface area contributed by atoms with E-state index < -0.39 is 0 Å². The molecule has 3 rings (SSSR count). The van der Waals surface area contributed by atoms with Gasteiger partial charge in [0.05, 0.1) is 13.2 Å². The maximum absolute atomic E-state index is 13.1. The molecule has 8 heteroatoms. The molecule has 31 heavy (non-hydrogen) atoms. The monoisotopic (exact) mass is 428 g/mol. The Balaban J connectivity index is 1.63. The quantitative estimate of drug-likeness (QED) is 0.642. The summed E-state index contributed by atoms with van der Waals surface area (Å²) in [7, 11) is 1.60. The van der Waals surface area contributed by atoms with Crippen LogP contribution in [0.5, 0.6) is 5.75 Å². The lowest BCUT2D eigenvalue weighted by Crippen LogP contribution is -2.42. The molecule has 8 nitrogen and oxygen atoms in total. The van der Waals surface area contributed by atoms with Gasteiger partial charge in [-0.2, -0.15) is 4.98 Å². The number of aromatic nitrogens is 2. The fraction of sp³-hybridized carbons (Fsp3) is 0.565. The lowest BCUT2D eigenvalue weighted by molar-refractivity contribution is -0.130. The van der Waals surface area contributed by atoms with E-state index in [-0.39, 0.29) is 17.9 Å². The molecule has 2 aromatic rings. The Morgan fingerprint density at radius 2 is 2.13 bits per heavy atom. The SMILES string of the molecule is COc1cccc(C(=O)N2CCC(N(CCc3noc(CC(C)C)n3)C(C)=O)C2)c1C. The van der Waals surface area contributed by atoms with Gasteiger partial charge < -0.3 is 19.1 Å². The van der Waals surface area contributed by atoms with Crippen molar-refractivity contribution in [2.75, 3.05) is 26.7 Å². The highest BCUT2D eigenvalue weighted by Crippen LogP contribution is 2.25. The van der Waals surface area contributed by atoms with Gasteiger partial charge in [-0.05, 0) is 31.4 Å². The van der Waals surface area contributed by atoms with Crippen molar-refractivity contribution in [3.8, 4) is 5.75 Å². The number of benzene rings is 1. The first-order valence-corrected chi connectivity index (χ1v) is 10.8. The van der Waals surface area contributed by atoms with Crippen LogP contribution < -0.4 is 4.74 Å². The van der Waals surface area contributed by atoms with Crippen molar-refractivity contribution in [2.45, 2.75) is 53.0 Å². The Morgan fingerprint density at radius 3 is 2.81 bits per heavy atom. The van der Waals surface area contributed by atoms with Crippen molar-refractivity contribution in [3.05, 3.63) is 41.0 Å². The summed E-state index contributed by atoms with van der Waals surface area (Å²) in [4.78, 5) is 33.5. The minimum absolute atomic E-state index is 0.0113. The van der Waals surface area contributed by atoms with Crippen molar-refractivity contribution < 1.29 is 18.8 Å². The molecular weight excluding hydrogens is 396 g/mol. The van der Waals surface area contributed by atoms with Crippen LogP contribution in [0.25, 0.3) is 0 Å². The Hall–Kier alpha value is -2.90. The van der Waals surface area contributed by atoms with Gasteiger partial charge in [-0.25, -0.2) is 0 Å². The van der Waals surface area contributed by atoms with Crippen molar-refractivity contribution >= 4 is 11.8 Å². The van der Waals surface area contributed by atoms with E-state index in [2.05, 4.69) is 24.0 Å². The maximum atomic E-state index is 13.1. The Morgan fingerprint density at radius 1 is 1.35 bits per heavy atom. The van der Waals surface area contributed by atoms with Crippen LogP contribution in [0.4, 0.5) is 0 Å². The number of methoxy groups -OCH3 is 1. The number of likely N-dealkylation sites (tertiary alicyclic amines) is 1. The number of rotatable bonds is 8. The van der Waals surface area contributed by atoms with Crippen molar-refractivity contribution in [3.63, 3.8) is 0 Å². The first-order chi connectivity index (χ1) is 14.8. The molecule has 1 aliphatic heterocycles. The molecule has 1 unspecified atom stereocenters. The largest absolute Gasteiger partial charge is 0.496 e. The molecule has 2 heterocycles. The molecular formula is C23H32N4O4. The van der Waals surface area contributed by atoms with Gasteiger partial charge in [0.1, 0.15) is 5.75 Å². The van der Waals surface area contributed by atoms with Crippen molar-refractivity contribution in [2.24, 2.45) is 5.92 Å². The molecule has 168 valence electrons. The Bertz CT molecular complexity index is 924. The summed E-state index contributed by atoms with van der Waals surface area (Å²) < 4.78 is 10.6. The standard InChI is InChI=1S/C23H32N4O4/c1-15(2)13-22-24-21(25-31-22)10-12-27(17(4)28)18-9-11-26(14-18)23(29)19-7-6-8-20(30-5)16(19)3/h6-8,15,18H,9-14H2,1-5H3. The highest BCUT2D eigenvalue weighted by molar-refractivity contribution is 5.96. The summed E-state index contributed by atoms with van der Waals surface area (Å²) in [5.74, 6) is 2.34. The van der Waals surface area contributed by atoms with Crippen LogP contribution in [0.3, 0.4) is 0 Å². The van der Waals surface area contributed by atoms with E-state index >= 15 is 0 Å². The van der Waals surface area contributed by atoms with Gasteiger partial charge in [0.15, 0.2) is 5.82 Å². The van der Waals surface area contributed by atoms with Crippen LogP contribution in [0, 0.1) is 12.8 Å². The first kappa shape index (κ1) is 22.8. The van der Waals surface area contributed by atoms with Crippen LogP contribution in [-0.4, -0.2) is 64.5 Å². The summed E-state index contributed by atoms with van der Waals surface area (Å²) in [5, 5.41) is 4.04. The van der Waals surface area contributed by atoms with Crippen molar-refractivity contribution in [1.82, 2.24) is 19.9 Å². The molecule has 1 saturated heterocycles. The number of hydrogen-bond donors (Lipinski definition) is 0. The van der Waals surface area contributed by atoms with Crippen LogP contribution in [0.1, 0.15) is 54.8 Å². The third-order valence-corrected chi connectivity index (χ3v) is 5.70. The lowest BCUT2D eigenvalue weighted by atomic mass is 10.1. The molecule has 1 aromatic carbocycles. The molecule has 1 aromatic heterocycles. The Labute approximate surface area is 183 Å². The van der Waals surface area contributed by atoms with Crippen molar-refractivity contribution in [1.29, 1.82) is 0 Å². The van der Waals surface area contributed by atoms with Gasteiger partial charge in [0.25, 0.3) is 5.91 Å². The second-order valence-corrected chi connectivity index (χ2v) is 8.49. The highest BCUT2D eigenvalue weighted by Gasteiger charge is 2.33. The summed E-state index contributed by atoms with van der Waals surface area (Å²) in [5.41, 5.74) is 1.47. The van der Waals surface area contributed by atoms with Gasteiger partial charge in [-0.15, -0.1) is 0 Å². The second-order valence-electron chi connectivity index (χ2n) is 8.49. The summed E-state index contributed by atoms with van der Waals surface area (Å²) >= 11 is 0. The Kier molecular flexibility index (Phi) is 7.30. The second kappa shape index (κ2) is 9.94. The van der Waals surface area contributed by atoms with E-state index in [0.29, 0.717) is 55.0 Å². The molecule has 0 radical (unpaired) electrons. The van der Waals surface area contributed by atoms with Gasteiger partial charge >= 0.3 is 0 Å². The number of ether oxygens (including phenoxy) is 1. The van der Waals surface area contributed by atoms with E-state index in [0.717, 1.165) is 18.4 Å². The fourth-order valence-corrected chi connectivity index (χ4v) is 4.06. The average Bonchev–Trinajstić information content (AvgIpc) is 3.37. The minimum atomic E-state index is -0.0288. The minimum Gasteiger partial charge on any atom is -0.496 e. The van der Waals surface area contributed by atoms with Gasteiger partial charge in [-0.1, -0.05) is 25.1 Å². The van der Waals surface area contributed by atoms with Crippen LogP contribution in [0.15, 0.2) is 22.7 Å². The normalized spacial score (nSPS) is 16.1. The molecule has 2 amide bonds. The van der Waals surface area contributed by atoms with Crippen LogP contribution >= 0.6 is 0 Å². The van der Waals surface area contributed by atoms with E-state index in [4.69, 9.17) is 9.26 Å². The van der Waals surface area contributed by atoms with E-state index in [1.807, 2.05) is 34.9 Å². The van der Waals surface area contributed by atoms with Gasteiger partial charge in [0.2, 0.25) is 11.8 Å². The molecule has 0 saturated carbocycles. The van der Waals surface area contributed by atoms with Gasteiger partial charge in [0, 0.05) is 50.5 Å². The predicted octanol–water partition coefficient (Wildman–Crippen LogP) is 2.89. The molecule has 0 aliphatic carbocycles. The highest BCUT2D eigenvalue weighted by atomic mass is 16.5. The zero-order chi connectivity index (χ0) is 22.5. The molecule has 0 spiro atoms. The number of amides is 2. The summed E-state index contributed by atoms with van der Waals surface area (Å²) in [6.07, 6.45) is 2.02. The van der Waals surface area contributed by atoms with Crippen LogP contribution in [0.2, 0.25) is 0 Å². The number of carbonyl (C=O) groups is 2. The molecule has 1 atom stereocenters. The predicted molar refractivity (Wildman–Crippen MR) is 116 cm³/mol. The van der Waals surface area contributed by atoms with Crippen LogP contribution in [-0.2, 0) is 17.6 Å². The number of carbonyl (C=O) groups excluding carboxylic acids is 2. The van der Waals surface area contributed by atoms with E-state index in [1.165, 1.54) is 0 Å². The summed E-state index contributed by atoms with van der Waals surface area (Å²) in [6, 6.07) is 5.48. The van der Waals surface area contributed by atoms with E-state index in [1.54, 1.807) is 14.0 Å². The van der Waals surface area contributed by atoms with Gasteiger partial charge in [-0.3, -0.25) is 9.59 Å². The number of hydrogen-bond acceptors (Lipinski definition) is 6. The fourth-order valence-electron chi connectivity index (χ4n) is 4.06. The van der Waals surface area contributed by atoms with E-state index in [9.17, 15) is 9.59 Å². The molecule has 0 bridgehead atoms. The third-order valence-electron chi connectivity index (χ3n) is 5.70. The zero-order valence-corrected chi connectivity index (χ0v) is 19.1. The summed E-state index contributed by atoms with van der Waals surface area (Å²) in [6.45, 7) is 9.28.